The smallest absolute Gasteiger partial charge is 0.225 e. The molecule has 0 aliphatic carbocycles. The van der Waals surface area contributed by atoms with Gasteiger partial charge >= 0.3 is 0 Å². The summed E-state index contributed by atoms with van der Waals surface area (Å²) < 4.78 is 23.5. The molecule has 1 aromatic heterocycles. The van der Waals surface area contributed by atoms with E-state index in [-0.39, 0.29) is 29.8 Å². The summed E-state index contributed by atoms with van der Waals surface area (Å²) in [6, 6.07) is 1.86. The normalized spacial score (nSPS) is 21.3. The molecule has 0 radical (unpaired) electrons. The first kappa shape index (κ1) is 14.5. The van der Waals surface area contributed by atoms with Gasteiger partial charge in [-0.1, -0.05) is 0 Å². The van der Waals surface area contributed by atoms with Gasteiger partial charge in [-0.25, -0.2) is 13.4 Å². The van der Waals surface area contributed by atoms with E-state index in [0.717, 1.165) is 10.0 Å². The summed E-state index contributed by atoms with van der Waals surface area (Å²) in [4.78, 5) is 16.0. The van der Waals surface area contributed by atoms with Crippen LogP contribution in [0.4, 0.5) is 5.82 Å². The van der Waals surface area contributed by atoms with E-state index < -0.39 is 9.84 Å². The second-order valence-corrected chi connectivity index (χ2v) is 7.98. The Balaban J connectivity index is 1.95. The van der Waals surface area contributed by atoms with Gasteiger partial charge in [-0.05, 0) is 46.8 Å². The number of aryl methyl sites for hydroxylation is 1. The van der Waals surface area contributed by atoms with Gasteiger partial charge in [-0.2, -0.15) is 0 Å². The molecule has 7 heteroatoms. The zero-order valence-electron chi connectivity index (χ0n) is 10.5. The Bertz CT molecular complexity index is 601. The Kier molecular flexibility index (Phi) is 4.25. The number of halogens is 1. The summed E-state index contributed by atoms with van der Waals surface area (Å²) in [5.74, 6) is 0.586. The lowest BCUT2D eigenvalue weighted by Crippen LogP contribution is -2.18. The maximum Gasteiger partial charge on any atom is 0.225 e. The first-order valence-electron chi connectivity index (χ1n) is 5.98. The predicted octanol–water partition coefficient (Wildman–Crippen LogP) is 1.92. The molecule has 1 aliphatic heterocycles. The molecule has 19 heavy (non-hydrogen) atoms. The summed E-state index contributed by atoms with van der Waals surface area (Å²) >= 11 is 3.30. The summed E-state index contributed by atoms with van der Waals surface area (Å²) in [5, 5.41) is 2.73. The molecule has 1 aromatic rings. The van der Waals surface area contributed by atoms with Crippen molar-refractivity contribution < 1.29 is 13.2 Å². The lowest BCUT2D eigenvalue weighted by molar-refractivity contribution is -0.116. The SMILES string of the molecule is Cc1cc(Br)cnc1NC(=O)CC1CCS(=O)(=O)C1. The number of aromatic nitrogens is 1. The largest absolute Gasteiger partial charge is 0.310 e. The average Bonchev–Trinajstić information content (AvgIpc) is 2.62. The topological polar surface area (TPSA) is 76.1 Å². The van der Waals surface area contributed by atoms with Gasteiger partial charge in [0.05, 0.1) is 11.5 Å². The molecule has 104 valence electrons. The van der Waals surface area contributed by atoms with Crippen LogP contribution in [0.3, 0.4) is 0 Å². The molecule has 2 heterocycles. The van der Waals surface area contributed by atoms with Crippen LogP contribution in [0, 0.1) is 12.8 Å². The van der Waals surface area contributed by atoms with E-state index in [9.17, 15) is 13.2 Å². The number of nitrogens with one attached hydrogen (secondary N) is 1. The van der Waals surface area contributed by atoms with Crippen LogP contribution in [0.25, 0.3) is 0 Å². The Labute approximate surface area is 120 Å². The van der Waals surface area contributed by atoms with Crippen molar-refractivity contribution in [3.05, 3.63) is 22.3 Å². The van der Waals surface area contributed by atoms with E-state index in [1.165, 1.54) is 0 Å². The van der Waals surface area contributed by atoms with E-state index in [0.29, 0.717) is 12.2 Å². The fraction of sp³-hybridized carbons (Fsp3) is 0.500. The molecular weight excluding hydrogens is 332 g/mol. The number of hydrogen-bond acceptors (Lipinski definition) is 4. The van der Waals surface area contributed by atoms with E-state index in [1.54, 1.807) is 6.20 Å². The number of rotatable bonds is 3. The highest BCUT2D eigenvalue weighted by molar-refractivity contribution is 9.10. The number of pyridine rings is 1. The molecule has 0 saturated carbocycles. The van der Waals surface area contributed by atoms with Gasteiger partial charge in [0.25, 0.3) is 0 Å². The van der Waals surface area contributed by atoms with Crippen molar-refractivity contribution in [1.29, 1.82) is 0 Å². The minimum absolute atomic E-state index is 0.0687. The maximum atomic E-state index is 11.9. The van der Waals surface area contributed by atoms with Crippen molar-refractivity contribution in [2.75, 3.05) is 16.8 Å². The average molecular weight is 347 g/mol. The minimum atomic E-state index is -2.93. The van der Waals surface area contributed by atoms with Crippen LogP contribution in [0.1, 0.15) is 18.4 Å². The van der Waals surface area contributed by atoms with Crippen LogP contribution in [-0.2, 0) is 14.6 Å². The zero-order chi connectivity index (χ0) is 14.0. The first-order chi connectivity index (χ1) is 8.85. The number of nitrogens with zero attached hydrogens (tertiary/aromatic N) is 1. The third-order valence-corrected chi connectivity index (χ3v) is 5.37. The van der Waals surface area contributed by atoms with Crippen molar-refractivity contribution in [3.63, 3.8) is 0 Å². The molecule has 1 fully saturated rings. The molecule has 0 spiro atoms. The summed E-state index contributed by atoms with van der Waals surface area (Å²) in [5.41, 5.74) is 0.863. The Morgan fingerprint density at radius 2 is 2.32 bits per heavy atom. The highest BCUT2D eigenvalue weighted by Gasteiger charge is 2.29. The van der Waals surface area contributed by atoms with Crippen LogP contribution >= 0.6 is 15.9 Å². The fourth-order valence-corrected chi connectivity index (χ4v) is 4.46. The Morgan fingerprint density at radius 3 is 2.89 bits per heavy atom. The van der Waals surface area contributed by atoms with Gasteiger partial charge in [-0.15, -0.1) is 0 Å². The first-order valence-corrected chi connectivity index (χ1v) is 8.59. The molecule has 0 bridgehead atoms. The fourth-order valence-electron chi connectivity index (χ4n) is 2.15. The van der Waals surface area contributed by atoms with Gasteiger partial charge in [0.1, 0.15) is 5.82 Å². The highest BCUT2D eigenvalue weighted by atomic mass is 79.9. The van der Waals surface area contributed by atoms with Crippen molar-refractivity contribution in [2.24, 2.45) is 5.92 Å². The van der Waals surface area contributed by atoms with E-state index in [4.69, 9.17) is 0 Å². The molecule has 1 aliphatic rings. The number of anilines is 1. The van der Waals surface area contributed by atoms with Crippen LogP contribution in [0.5, 0.6) is 0 Å². The van der Waals surface area contributed by atoms with E-state index >= 15 is 0 Å². The van der Waals surface area contributed by atoms with Crippen molar-refractivity contribution in [1.82, 2.24) is 4.98 Å². The highest BCUT2D eigenvalue weighted by Crippen LogP contribution is 2.23. The van der Waals surface area contributed by atoms with Gasteiger partial charge in [0.2, 0.25) is 5.91 Å². The van der Waals surface area contributed by atoms with Gasteiger partial charge in [0.15, 0.2) is 9.84 Å². The van der Waals surface area contributed by atoms with Crippen LogP contribution < -0.4 is 5.32 Å². The Morgan fingerprint density at radius 1 is 1.58 bits per heavy atom. The molecular formula is C12H15BrN2O3S. The lowest BCUT2D eigenvalue weighted by atomic mass is 10.1. The van der Waals surface area contributed by atoms with E-state index in [1.807, 2.05) is 13.0 Å². The van der Waals surface area contributed by atoms with Crippen LogP contribution in [-0.4, -0.2) is 30.8 Å². The minimum Gasteiger partial charge on any atom is -0.310 e. The van der Waals surface area contributed by atoms with Crippen LogP contribution in [0.15, 0.2) is 16.7 Å². The number of carbonyl (C=O) groups excluding carboxylic acids is 1. The monoisotopic (exact) mass is 346 g/mol. The second kappa shape index (κ2) is 5.58. The van der Waals surface area contributed by atoms with Gasteiger partial charge in [0, 0.05) is 17.1 Å². The second-order valence-electron chi connectivity index (χ2n) is 4.84. The summed E-state index contributed by atoms with van der Waals surface area (Å²) in [7, 11) is -2.93. The molecule has 1 unspecified atom stereocenters. The number of amides is 1. The standard InChI is InChI=1S/C12H15BrN2O3S/c1-8-4-10(13)6-14-12(8)15-11(16)5-9-2-3-19(17,18)7-9/h4,6,9H,2-3,5,7H2,1H3,(H,14,15,16). The van der Waals surface area contributed by atoms with Crippen molar-refractivity contribution >= 4 is 37.5 Å². The summed E-state index contributed by atoms with van der Waals surface area (Å²) in [6.07, 6.45) is 2.42. The number of sulfone groups is 1. The zero-order valence-corrected chi connectivity index (χ0v) is 12.9. The molecule has 1 atom stereocenters. The van der Waals surface area contributed by atoms with Crippen LogP contribution in [0.2, 0.25) is 0 Å². The molecule has 5 nitrogen and oxygen atoms in total. The Hall–Kier alpha value is -0.950. The maximum absolute atomic E-state index is 11.9. The van der Waals surface area contributed by atoms with Crippen molar-refractivity contribution in [3.8, 4) is 0 Å². The van der Waals surface area contributed by atoms with E-state index in [2.05, 4.69) is 26.2 Å². The predicted molar refractivity (Wildman–Crippen MR) is 76.7 cm³/mol. The third-order valence-electron chi connectivity index (χ3n) is 3.10. The lowest BCUT2D eigenvalue weighted by Gasteiger charge is -2.10. The van der Waals surface area contributed by atoms with Gasteiger partial charge < -0.3 is 5.32 Å². The number of hydrogen-bond donors (Lipinski definition) is 1. The van der Waals surface area contributed by atoms with Crippen molar-refractivity contribution in [2.45, 2.75) is 19.8 Å². The molecule has 0 aromatic carbocycles. The molecule has 1 saturated heterocycles. The molecule has 1 amide bonds. The number of carbonyl (C=O) groups is 1. The quantitative estimate of drug-likeness (QED) is 0.906. The third kappa shape index (κ3) is 4.01. The van der Waals surface area contributed by atoms with Gasteiger partial charge in [-0.3, -0.25) is 4.79 Å². The molecule has 1 N–H and O–H groups in total. The molecule has 2 rings (SSSR count). The summed E-state index contributed by atoms with van der Waals surface area (Å²) in [6.45, 7) is 1.85.